The molecular weight excluding hydrogens is 467 g/mol. The number of hydrogen-bond donors (Lipinski definition) is 1. The Balaban J connectivity index is 0.00000225. The van der Waals surface area contributed by atoms with Crippen LogP contribution in [0.3, 0.4) is 0 Å². The molecule has 0 unspecified atom stereocenters. The zero-order valence-corrected chi connectivity index (χ0v) is 18.8. The highest BCUT2D eigenvalue weighted by molar-refractivity contribution is 14.0. The lowest BCUT2D eigenvalue weighted by Gasteiger charge is -2.33. The van der Waals surface area contributed by atoms with E-state index in [9.17, 15) is 0 Å². The van der Waals surface area contributed by atoms with E-state index in [0.717, 1.165) is 25.6 Å². The smallest absolute Gasteiger partial charge is 0.276 e. The van der Waals surface area contributed by atoms with Gasteiger partial charge in [0.2, 0.25) is 0 Å². The summed E-state index contributed by atoms with van der Waals surface area (Å²) in [6.45, 7) is 2.97. The number of nitrogens with one attached hydrogen (secondary N) is 1. The summed E-state index contributed by atoms with van der Waals surface area (Å²) in [5.41, 5.74) is 1.23. The maximum absolute atomic E-state index is 5.32. The first-order valence-corrected chi connectivity index (χ1v) is 9.98. The van der Waals surface area contributed by atoms with E-state index in [1.165, 1.54) is 38.5 Å². The normalized spacial score (nSPS) is 18.9. The molecule has 2 fully saturated rings. The fourth-order valence-electron chi connectivity index (χ4n) is 4.39. The SMILES string of the molecule is CN=C(NCCc1noc(-c2ccccn2)n1)N1CCC2(CCCCC2)C1.I. The van der Waals surface area contributed by atoms with E-state index in [1.807, 2.05) is 25.2 Å². The lowest BCUT2D eigenvalue weighted by atomic mass is 9.73. The standard InChI is InChI=1S/C20H28N6O.HI/c1-21-19(26-14-11-20(15-26)9-4-2-5-10-20)23-13-8-17-24-18(27-25-17)16-7-3-6-12-22-16;/h3,6-7,12H,2,4-5,8-11,13-15H2,1H3,(H,21,23);1H. The Morgan fingerprint density at radius 1 is 1.25 bits per heavy atom. The number of rotatable bonds is 4. The second-order valence-electron chi connectivity index (χ2n) is 7.69. The minimum atomic E-state index is 0. The van der Waals surface area contributed by atoms with Crippen molar-refractivity contribution < 1.29 is 4.52 Å². The van der Waals surface area contributed by atoms with E-state index >= 15 is 0 Å². The van der Waals surface area contributed by atoms with Gasteiger partial charge in [-0.2, -0.15) is 4.98 Å². The Bertz CT molecular complexity index is 772. The van der Waals surface area contributed by atoms with Crippen LogP contribution in [0.5, 0.6) is 0 Å². The Morgan fingerprint density at radius 3 is 2.86 bits per heavy atom. The summed E-state index contributed by atoms with van der Waals surface area (Å²) in [5.74, 6) is 2.14. The van der Waals surface area contributed by atoms with E-state index in [4.69, 9.17) is 4.52 Å². The molecule has 0 bridgehead atoms. The minimum absolute atomic E-state index is 0. The van der Waals surface area contributed by atoms with Crippen LogP contribution in [0.1, 0.15) is 44.3 Å². The van der Waals surface area contributed by atoms with E-state index in [2.05, 4.69) is 30.3 Å². The molecule has 152 valence electrons. The summed E-state index contributed by atoms with van der Waals surface area (Å²) < 4.78 is 5.32. The van der Waals surface area contributed by atoms with Crippen molar-refractivity contribution >= 4 is 29.9 Å². The van der Waals surface area contributed by atoms with E-state index in [1.54, 1.807) is 6.20 Å². The molecule has 2 aromatic heterocycles. The Kier molecular flexibility index (Phi) is 7.25. The van der Waals surface area contributed by atoms with Gasteiger partial charge in [0.25, 0.3) is 5.89 Å². The van der Waals surface area contributed by atoms with Gasteiger partial charge in [-0.3, -0.25) is 9.98 Å². The molecule has 1 aliphatic heterocycles. The Labute approximate surface area is 183 Å². The second-order valence-corrected chi connectivity index (χ2v) is 7.69. The molecule has 0 atom stereocenters. The molecule has 0 amide bonds. The van der Waals surface area contributed by atoms with Gasteiger partial charge in [-0.05, 0) is 36.8 Å². The molecule has 8 heteroatoms. The van der Waals surface area contributed by atoms with E-state index < -0.39 is 0 Å². The summed E-state index contributed by atoms with van der Waals surface area (Å²) >= 11 is 0. The highest BCUT2D eigenvalue weighted by atomic mass is 127. The monoisotopic (exact) mass is 496 g/mol. The van der Waals surface area contributed by atoms with Crippen LogP contribution in [0, 0.1) is 5.41 Å². The van der Waals surface area contributed by atoms with Gasteiger partial charge in [-0.1, -0.05) is 30.5 Å². The summed E-state index contributed by atoms with van der Waals surface area (Å²) in [4.78, 5) is 15.6. The minimum Gasteiger partial charge on any atom is -0.356 e. The lowest BCUT2D eigenvalue weighted by molar-refractivity contribution is 0.203. The van der Waals surface area contributed by atoms with Crippen LogP contribution in [-0.4, -0.2) is 52.7 Å². The average Bonchev–Trinajstić information content (AvgIpc) is 3.34. The van der Waals surface area contributed by atoms with Gasteiger partial charge in [0.05, 0.1) is 0 Å². The molecule has 3 heterocycles. The topological polar surface area (TPSA) is 79.4 Å². The number of hydrogen-bond acceptors (Lipinski definition) is 5. The third kappa shape index (κ3) is 4.82. The van der Waals surface area contributed by atoms with Crippen LogP contribution >= 0.6 is 24.0 Å². The highest BCUT2D eigenvalue weighted by Crippen LogP contribution is 2.43. The van der Waals surface area contributed by atoms with E-state index in [-0.39, 0.29) is 24.0 Å². The van der Waals surface area contributed by atoms with Gasteiger partial charge >= 0.3 is 0 Å². The van der Waals surface area contributed by atoms with Crippen molar-refractivity contribution in [2.45, 2.75) is 44.9 Å². The van der Waals surface area contributed by atoms with E-state index in [0.29, 0.717) is 29.2 Å². The zero-order valence-electron chi connectivity index (χ0n) is 16.4. The summed E-state index contributed by atoms with van der Waals surface area (Å²) in [5, 5.41) is 7.53. The first-order chi connectivity index (χ1) is 13.3. The van der Waals surface area contributed by atoms with Crippen LogP contribution < -0.4 is 5.32 Å². The van der Waals surface area contributed by atoms with Gasteiger partial charge in [0.1, 0.15) is 5.69 Å². The molecule has 1 N–H and O–H groups in total. The van der Waals surface area contributed by atoms with Gasteiger partial charge in [0, 0.05) is 39.3 Å². The van der Waals surface area contributed by atoms with Crippen molar-refractivity contribution in [2.75, 3.05) is 26.7 Å². The van der Waals surface area contributed by atoms with Crippen molar-refractivity contribution in [1.29, 1.82) is 0 Å². The molecule has 28 heavy (non-hydrogen) atoms. The van der Waals surface area contributed by atoms with Crippen LogP contribution in [0.2, 0.25) is 0 Å². The van der Waals surface area contributed by atoms with Crippen molar-refractivity contribution in [2.24, 2.45) is 10.4 Å². The quantitative estimate of drug-likeness (QED) is 0.397. The fourth-order valence-corrected chi connectivity index (χ4v) is 4.39. The molecule has 2 aromatic rings. The van der Waals surface area contributed by atoms with Gasteiger partial charge < -0.3 is 14.7 Å². The predicted octanol–water partition coefficient (Wildman–Crippen LogP) is 3.52. The molecule has 1 saturated heterocycles. The van der Waals surface area contributed by atoms with Crippen LogP contribution in [0.25, 0.3) is 11.6 Å². The van der Waals surface area contributed by atoms with Gasteiger partial charge in [-0.15, -0.1) is 24.0 Å². The first kappa shape index (κ1) is 21.0. The Morgan fingerprint density at radius 2 is 2.11 bits per heavy atom. The molecule has 1 spiro atoms. The number of nitrogens with zero attached hydrogens (tertiary/aromatic N) is 5. The molecular formula is C20H29IN6O. The van der Waals surface area contributed by atoms with Crippen molar-refractivity contribution in [3.63, 3.8) is 0 Å². The lowest BCUT2D eigenvalue weighted by Crippen LogP contribution is -2.42. The van der Waals surface area contributed by atoms with Gasteiger partial charge in [-0.25, -0.2) is 0 Å². The maximum atomic E-state index is 5.32. The summed E-state index contributed by atoms with van der Waals surface area (Å²) in [6, 6.07) is 5.64. The van der Waals surface area contributed by atoms with Crippen molar-refractivity contribution in [1.82, 2.24) is 25.3 Å². The van der Waals surface area contributed by atoms with Gasteiger partial charge in [0.15, 0.2) is 11.8 Å². The molecule has 7 nitrogen and oxygen atoms in total. The second kappa shape index (κ2) is 9.67. The van der Waals surface area contributed by atoms with Crippen LogP contribution in [0.4, 0.5) is 0 Å². The van der Waals surface area contributed by atoms with Crippen LogP contribution in [0.15, 0.2) is 33.9 Å². The summed E-state index contributed by atoms with van der Waals surface area (Å²) in [7, 11) is 1.86. The largest absolute Gasteiger partial charge is 0.356 e. The fraction of sp³-hybridized carbons (Fsp3) is 0.600. The van der Waals surface area contributed by atoms with Crippen molar-refractivity contribution in [3.05, 3.63) is 30.2 Å². The summed E-state index contributed by atoms with van der Waals surface area (Å²) in [6.07, 6.45) is 10.6. The predicted molar refractivity (Wildman–Crippen MR) is 120 cm³/mol. The number of aromatic nitrogens is 3. The molecule has 0 aromatic carbocycles. The molecule has 0 radical (unpaired) electrons. The molecule has 2 aliphatic rings. The van der Waals surface area contributed by atoms with Crippen LogP contribution in [-0.2, 0) is 6.42 Å². The number of likely N-dealkylation sites (tertiary alicyclic amines) is 1. The number of pyridine rings is 1. The third-order valence-corrected chi connectivity index (χ3v) is 5.85. The first-order valence-electron chi connectivity index (χ1n) is 9.98. The highest BCUT2D eigenvalue weighted by Gasteiger charge is 2.39. The zero-order chi connectivity index (χ0) is 18.5. The third-order valence-electron chi connectivity index (χ3n) is 5.85. The molecule has 1 aliphatic carbocycles. The number of guanidine groups is 1. The van der Waals surface area contributed by atoms with Crippen molar-refractivity contribution in [3.8, 4) is 11.6 Å². The number of aliphatic imine (C=N–C) groups is 1. The molecule has 4 rings (SSSR count). The average molecular weight is 496 g/mol. The molecule has 1 saturated carbocycles. The maximum Gasteiger partial charge on any atom is 0.276 e. The number of halogens is 1. The Hall–Kier alpha value is -1.71.